The Morgan fingerprint density at radius 3 is 2.56 bits per heavy atom. The van der Waals surface area contributed by atoms with E-state index in [1.165, 1.54) is 0 Å². The van der Waals surface area contributed by atoms with Gasteiger partial charge in [0.15, 0.2) is 0 Å². The minimum atomic E-state index is -2.84. The van der Waals surface area contributed by atoms with E-state index in [-0.39, 0.29) is 24.4 Å². The topological polar surface area (TPSA) is 41.5 Å². The van der Waals surface area contributed by atoms with Crippen LogP contribution in [0, 0.1) is 6.92 Å². The summed E-state index contributed by atoms with van der Waals surface area (Å²) in [5.41, 5.74) is 1.63. The van der Waals surface area contributed by atoms with E-state index in [9.17, 15) is 8.78 Å². The Balaban J connectivity index is 2.93. The lowest BCUT2D eigenvalue weighted by Crippen LogP contribution is -2.32. The Bertz CT molecular complexity index is 385. The maximum absolute atomic E-state index is 12.3. The molecule has 1 rings (SSSR count). The molecule has 0 saturated carbocycles. The summed E-state index contributed by atoms with van der Waals surface area (Å²) in [5, 5.41) is 12.1. The van der Waals surface area contributed by atoms with Crippen molar-refractivity contribution in [2.75, 3.05) is 6.61 Å². The van der Waals surface area contributed by atoms with E-state index in [4.69, 9.17) is 5.11 Å². The molecule has 102 valence electrons. The van der Waals surface area contributed by atoms with Gasteiger partial charge in [0.2, 0.25) is 0 Å². The third-order valence-electron chi connectivity index (χ3n) is 2.66. The molecule has 0 bridgehead atoms. The lowest BCUT2D eigenvalue weighted by atomic mass is 10.0. The van der Waals surface area contributed by atoms with Gasteiger partial charge < -0.3 is 15.2 Å². The zero-order valence-corrected chi connectivity index (χ0v) is 10.8. The van der Waals surface area contributed by atoms with Crippen molar-refractivity contribution in [2.45, 2.75) is 39.5 Å². The number of rotatable bonds is 6. The van der Waals surface area contributed by atoms with Crippen LogP contribution in [0.15, 0.2) is 18.2 Å². The van der Waals surface area contributed by atoms with Crippen LogP contribution in [0.25, 0.3) is 0 Å². The van der Waals surface area contributed by atoms with Gasteiger partial charge in [-0.1, -0.05) is 17.7 Å². The van der Waals surface area contributed by atoms with Crippen molar-refractivity contribution in [1.29, 1.82) is 0 Å². The monoisotopic (exact) mass is 259 g/mol. The van der Waals surface area contributed by atoms with Crippen LogP contribution in [-0.2, 0) is 0 Å². The van der Waals surface area contributed by atoms with Crippen molar-refractivity contribution in [1.82, 2.24) is 5.32 Å². The van der Waals surface area contributed by atoms with Crippen LogP contribution in [-0.4, -0.2) is 24.4 Å². The maximum Gasteiger partial charge on any atom is 0.387 e. The third-order valence-corrected chi connectivity index (χ3v) is 2.66. The second-order valence-corrected chi connectivity index (χ2v) is 4.39. The number of hydrogen-bond acceptors (Lipinski definition) is 3. The average Bonchev–Trinajstić information content (AvgIpc) is 2.30. The Morgan fingerprint density at radius 2 is 2.00 bits per heavy atom. The van der Waals surface area contributed by atoms with Crippen molar-refractivity contribution < 1.29 is 18.6 Å². The molecule has 1 aromatic rings. The molecule has 2 N–H and O–H groups in total. The molecule has 5 heteroatoms. The number of alkyl halides is 2. The Labute approximate surface area is 106 Å². The van der Waals surface area contributed by atoms with Crippen molar-refractivity contribution in [3.8, 4) is 5.75 Å². The molecule has 0 heterocycles. The van der Waals surface area contributed by atoms with Crippen LogP contribution >= 0.6 is 0 Å². The summed E-state index contributed by atoms with van der Waals surface area (Å²) in [7, 11) is 0. The van der Waals surface area contributed by atoms with Crippen molar-refractivity contribution in [3.63, 3.8) is 0 Å². The predicted molar refractivity (Wildman–Crippen MR) is 65.9 cm³/mol. The van der Waals surface area contributed by atoms with E-state index in [0.29, 0.717) is 5.56 Å². The Morgan fingerprint density at radius 1 is 1.33 bits per heavy atom. The second-order valence-electron chi connectivity index (χ2n) is 4.39. The van der Waals surface area contributed by atoms with Crippen LogP contribution in [0.3, 0.4) is 0 Å². The molecule has 0 aliphatic heterocycles. The van der Waals surface area contributed by atoms with Gasteiger partial charge in [0.25, 0.3) is 0 Å². The summed E-state index contributed by atoms with van der Waals surface area (Å²) in [6.45, 7) is 2.70. The zero-order chi connectivity index (χ0) is 13.7. The Hall–Kier alpha value is -1.20. The summed E-state index contributed by atoms with van der Waals surface area (Å²) in [6.07, 6.45) is 0. The molecule has 0 fully saturated rings. The van der Waals surface area contributed by atoms with Gasteiger partial charge in [-0.05, 0) is 26.8 Å². The van der Waals surface area contributed by atoms with E-state index in [2.05, 4.69) is 10.1 Å². The van der Waals surface area contributed by atoms with Crippen molar-refractivity contribution in [3.05, 3.63) is 29.3 Å². The van der Waals surface area contributed by atoms with Gasteiger partial charge >= 0.3 is 6.61 Å². The molecule has 0 aliphatic carbocycles. The molecule has 0 amide bonds. The van der Waals surface area contributed by atoms with Crippen LogP contribution in [0.5, 0.6) is 5.75 Å². The van der Waals surface area contributed by atoms with Crippen molar-refractivity contribution >= 4 is 0 Å². The number of benzene rings is 1. The molecule has 0 aliphatic rings. The zero-order valence-electron chi connectivity index (χ0n) is 10.8. The summed E-state index contributed by atoms with van der Waals surface area (Å²) in [6, 6.07) is 4.78. The maximum atomic E-state index is 12.3. The van der Waals surface area contributed by atoms with Crippen LogP contribution in [0.1, 0.15) is 31.0 Å². The first-order valence-electron chi connectivity index (χ1n) is 5.86. The van der Waals surface area contributed by atoms with Gasteiger partial charge in [0.1, 0.15) is 5.75 Å². The molecule has 1 aromatic carbocycles. The molecule has 0 radical (unpaired) electrons. The number of aryl methyl sites for hydroxylation is 1. The van der Waals surface area contributed by atoms with Crippen LogP contribution in [0.2, 0.25) is 0 Å². The fourth-order valence-electron chi connectivity index (χ4n) is 1.78. The van der Waals surface area contributed by atoms with Gasteiger partial charge in [0.05, 0.1) is 6.61 Å². The molecule has 2 atom stereocenters. The van der Waals surface area contributed by atoms with Crippen LogP contribution in [0.4, 0.5) is 8.78 Å². The molecular weight excluding hydrogens is 240 g/mol. The van der Waals surface area contributed by atoms with Gasteiger partial charge in [-0.2, -0.15) is 8.78 Å². The van der Waals surface area contributed by atoms with E-state index in [0.717, 1.165) is 5.56 Å². The fourth-order valence-corrected chi connectivity index (χ4v) is 1.78. The van der Waals surface area contributed by atoms with E-state index in [1.54, 1.807) is 18.2 Å². The fraction of sp³-hybridized carbons (Fsp3) is 0.538. The SMILES string of the molecule is Cc1ccc(OC(F)F)c(C(C)NC(C)CO)c1. The highest BCUT2D eigenvalue weighted by atomic mass is 19.3. The summed E-state index contributed by atoms with van der Waals surface area (Å²) in [4.78, 5) is 0. The van der Waals surface area contributed by atoms with Gasteiger partial charge in [-0.25, -0.2) is 0 Å². The highest BCUT2D eigenvalue weighted by Crippen LogP contribution is 2.28. The standard InChI is InChI=1S/C13H19F2NO2/c1-8-4-5-12(18-13(14)15)11(6-8)10(3)16-9(2)7-17/h4-6,9-10,13,16-17H,7H2,1-3H3. The van der Waals surface area contributed by atoms with Gasteiger partial charge in [-0.3, -0.25) is 0 Å². The smallest absolute Gasteiger partial charge is 0.387 e. The van der Waals surface area contributed by atoms with Gasteiger partial charge in [0, 0.05) is 17.6 Å². The molecule has 3 nitrogen and oxygen atoms in total. The number of ether oxygens (including phenoxy) is 1. The van der Waals surface area contributed by atoms with Gasteiger partial charge in [-0.15, -0.1) is 0 Å². The molecule has 0 spiro atoms. The quantitative estimate of drug-likeness (QED) is 0.825. The van der Waals surface area contributed by atoms with E-state index in [1.807, 2.05) is 20.8 Å². The highest BCUT2D eigenvalue weighted by Gasteiger charge is 2.16. The second kappa shape index (κ2) is 6.66. The number of aliphatic hydroxyl groups excluding tert-OH is 1. The van der Waals surface area contributed by atoms with E-state index >= 15 is 0 Å². The minimum Gasteiger partial charge on any atom is -0.434 e. The lowest BCUT2D eigenvalue weighted by molar-refractivity contribution is -0.0507. The van der Waals surface area contributed by atoms with Crippen molar-refractivity contribution in [2.24, 2.45) is 0 Å². The number of hydrogen-bond donors (Lipinski definition) is 2. The first-order valence-corrected chi connectivity index (χ1v) is 5.86. The first-order chi connectivity index (χ1) is 8.43. The summed E-state index contributed by atoms with van der Waals surface area (Å²) >= 11 is 0. The molecule has 18 heavy (non-hydrogen) atoms. The molecular formula is C13H19F2NO2. The highest BCUT2D eigenvalue weighted by molar-refractivity contribution is 5.39. The predicted octanol–water partition coefficient (Wildman–Crippen LogP) is 2.63. The first kappa shape index (κ1) is 14.9. The number of halogens is 2. The summed E-state index contributed by atoms with van der Waals surface area (Å²) < 4.78 is 29.1. The average molecular weight is 259 g/mol. The number of aliphatic hydroxyl groups is 1. The van der Waals surface area contributed by atoms with E-state index < -0.39 is 6.61 Å². The lowest BCUT2D eigenvalue weighted by Gasteiger charge is -2.21. The third kappa shape index (κ3) is 4.23. The largest absolute Gasteiger partial charge is 0.434 e. The minimum absolute atomic E-state index is 0.0127. The molecule has 0 aromatic heterocycles. The summed E-state index contributed by atoms with van der Waals surface area (Å²) in [5.74, 6) is 0.167. The number of nitrogens with one attached hydrogen (secondary N) is 1. The normalized spacial score (nSPS) is 14.6. The Kier molecular flexibility index (Phi) is 5.50. The van der Waals surface area contributed by atoms with Crippen LogP contribution < -0.4 is 10.1 Å². The molecule has 2 unspecified atom stereocenters. The molecule has 0 saturated heterocycles.